The number of rotatable bonds is 10. The minimum absolute atomic E-state index is 0.0108. The summed E-state index contributed by atoms with van der Waals surface area (Å²) in [7, 11) is 1.46. The Labute approximate surface area is 286 Å². The lowest BCUT2D eigenvalue weighted by molar-refractivity contribution is -0.114. The minimum atomic E-state index is -1.34. The van der Waals surface area contributed by atoms with Crippen molar-refractivity contribution in [3.63, 3.8) is 0 Å². The molecule has 50 heavy (non-hydrogen) atoms. The first-order chi connectivity index (χ1) is 24.1. The van der Waals surface area contributed by atoms with E-state index >= 15 is 4.39 Å². The molecule has 5 heterocycles. The average molecular weight is 684 g/mol. The molecule has 2 aromatic heterocycles. The van der Waals surface area contributed by atoms with E-state index in [4.69, 9.17) is 4.74 Å². The molecule has 0 unspecified atom stereocenters. The van der Waals surface area contributed by atoms with Crippen LogP contribution in [0.2, 0.25) is 0 Å². The van der Waals surface area contributed by atoms with E-state index in [9.17, 15) is 24.3 Å². The zero-order valence-electron chi connectivity index (χ0n) is 28.0. The van der Waals surface area contributed by atoms with E-state index in [-0.39, 0.29) is 34.7 Å². The van der Waals surface area contributed by atoms with E-state index in [1.807, 2.05) is 30.2 Å². The standard InChI is InChI=1S/C36H38FN7O6/c1-20-6-9-28-24(13-20)33(46)35(47)43(28)12-4-11-42-17-22(38-39-42)16-40-10-3-5-21-15-41(19-29(21)40)31-27(37)14-25-30(34(31)50-2)44(23-7-8-23)18-26(32(25)45)36(48)49/h6,9,13-14,17-18,21,23,29H,3-5,7-8,10-12,15-16,19H2,1-2H3,(H,48,49)/t21-,29+/m1/s1. The topological polar surface area (TPSA) is 143 Å². The fraction of sp³-hybridized carbons (Fsp3) is 0.444. The van der Waals surface area contributed by atoms with E-state index in [0.29, 0.717) is 61.6 Å². The number of fused-ring (bicyclic) bond motifs is 3. The Kier molecular flexibility index (Phi) is 7.93. The van der Waals surface area contributed by atoms with Crippen LogP contribution in [0.1, 0.15) is 70.1 Å². The number of ether oxygens (including phenoxy) is 1. The SMILES string of the molecule is COc1c(N2C[C@H]3CCCN(Cc4cn(CCCN5C(=O)C(=O)c6cc(C)ccc65)nn4)[C@H]3C2)c(F)cc2c(=O)c(C(=O)O)cn(C3CC3)c12. The Hall–Kier alpha value is -5.11. The largest absolute Gasteiger partial charge is 0.492 e. The number of nitrogens with zero attached hydrogens (tertiary/aromatic N) is 7. The van der Waals surface area contributed by atoms with Gasteiger partial charge in [-0.05, 0) is 69.7 Å². The number of methoxy groups -OCH3 is 1. The summed E-state index contributed by atoms with van der Waals surface area (Å²) in [6.45, 7) is 5.45. The number of piperidine rings is 1. The summed E-state index contributed by atoms with van der Waals surface area (Å²) in [5.41, 5.74) is 2.50. The lowest BCUT2D eigenvalue weighted by Crippen LogP contribution is -2.44. The van der Waals surface area contributed by atoms with Gasteiger partial charge in [-0.25, -0.2) is 9.18 Å². The Bertz CT molecular complexity index is 2120. The first-order valence-electron chi connectivity index (χ1n) is 17.2. The van der Waals surface area contributed by atoms with Crippen LogP contribution in [-0.4, -0.2) is 86.6 Å². The van der Waals surface area contributed by atoms with Gasteiger partial charge in [-0.3, -0.25) is 24.0 Å². The molecule has 2 atom stereocenters. The number of aryl methyl sites for hydroxylation is 2. The van der Waals surface area contributed by atoms with Gasteiger partial charge in [0.1, 0.15) is 11.3 Å². The smallest absolute Gasteiger partial charge is 0.341 e. The van der Waals surface area contributed by atoms with Gasteiger partial charge in [0, 0.05) is 57.2 Å². The van der Waals surface area contributed by atoms with E-state index in [0.717, 1.165) is 43.5 Å². The summed E-state index contributed by atoms with van der Waals surface area (Å²) < 4.78 is 25.4. The number of aromatic nitrogens is 4. The number of carboxylic acids is 1. The summed E-state index contributed by atoms with van der Waals surface area (Å²) in [6, 6.07) is 6.82. The molecule has 4 aliphatic rings. The minimum Gasteiger partial charge on any atom is -0.492 e. The van der Waals surface area contributed by atoms with Gasteiger partial charge in [-0.1, -0.05) is 16.8 Å². The highest BCUT2D eigenvalue weighted by Gasteiger charge is 2.42. The summed E-state index contributed by atoms with van der Waals surface area (Å²) in [5.74, 6) is -2.37. The van der Waals surface area contributed by atoms with Crippen LogP contribution in [0.4, 0.5) is 15.8 Å². The van der Waals surface area contributed by atoms with Crippen LogP contribution in [0.15, 0.2) is 41.5 Å². The molecule has 2 aromatic carbocycles. The molecule has 8 rings (SSSR count). The maximum atomic E-state index is 16.0. The van der Waals surface area contributed by atoms with Gasteiger partial charge >= 0.3 is 5.97 Å². The molecule has 3 fully saturated rings. The molecule has 14 heteroatoms. The number of hydrogen-bond acceptors (Lipinski definition) is 9. The third-order valence-electron chi connectivity index (χ3n) is 10.6. The number of hydrogen-bond donors (Lipinski definition) is 1. The van der Waals surface area contributed by atoms with Crippen molar-refractivity contribution >= 4 is 39.9 Å². The Morgan fingerprint density at radius 3 is 2.66 bits per heavy atom. The van der Waals surface area contributed by atoms with Gasteiger partial charge in [0.05, 0.1) is 35.0 Å². The molecule has 0 bridgehead atoms. The molecule has 0 radical (unpaired) electrons. The molecule has 13 nitrogen and oxygen atoms in total. The maximum Gasteiger partial charge on any atom is 0.341 e. The number of carboxylic acid groups (broad SMARTS) is 1. The predicted octanol–water partition coefficient (Wildman–Crippen LogP) is 3.80. The van der Waals surface area contributed by atoms with E-state index in [1.54, 1.807) is 20.2 Å². The van der Waals surface area contributed by atoms with Crippen molar-refractivity contribution in [1.29, 1.82) is 0 Å². The van der Waals surface area contributed by atoms with Crippen molar-refractivity contribution in [1.82, 2.24) is 24.5 Å². The van der Waals surface area contributed by atoms with Crippen LogP contribution >= 0.6 is 0 Å². The first-order valence-corrected chi connectivity index (χ1v) is 17.2. The second-order valence-corrected chi connectivity index (χ2v) is 13.9. The van der Waals surface area contributed by atoms with E-state index < -0.39 is 28.9 Å². The highest BCUT2D eigenvalue weighted by molar-refractivity contribution is 6.52. The molecule has 260 valence electrons. The van der Waals surface area contributed by atoms with E-state index in [2.05, 4.69) is 15.2 Å². The fourth-order valence-corrected chi connectivity index (χ4v) is 8.13. The van der Waals surface area contributed by atoms with Crippen molar-refractivity contribution < 1.29 is 28.6 Å². The molecule has 1 N–H and O–H groups in total. The summed E-state index contributed by atoms with van der Waals surface area (Å²) in [6.07, 6.45) is 7.56. The van der Waals surface area contributed by atoms with Gasteiger partial charge < -0.3 is 24.2 Å². The molecule has 4 aromatic rings. The predicted molar refractivity (Wildman–Crippen MR) is 182 cm³/mol. The Morgan fingerprint density at radius 1 is 1.08 bits per heavy atom. The van der Waals surface area contributed by atoms with Crippen molar-refractivity contribution in [3.8, 4) is 5.75 Å². The van der Waals surface area contributed by atoms with Crippen LogP contribution in [0.25, 0.3) is 10.9 Å². The maximum absolute atomic E-state index is 16.0. The number of Topliss-reactive ketones (excluding diaryl/α,β-unsaturated/α-hetero) is 1. The average Bonchev–Trinajstić information content (AvgIpc) is 3.61. The second kappa shape index (κ2) is 12.3. The zero-order chi connectivity index (χ0) is 34.8. The zero-order valence-corrected chi connectivity index (χ0v) is 28.0. The summed E-state index contributed by atoms with van der Waals surface area (Å²) in [5, 5.41) is 18.4. The lowest BCUT2D eigenvalue weighted by atomic mass is 9.92. The number of likely N-dealkylation sites (tertiary alicyclic amines) is 1. The van der Waals surface area contributed by atoms with Crippen molar-refractivity contribution in [2.45, 2.75) is 64.2 Å². The van der Waals surface area contributed by atoms with Crippen molar-refractivity contribution in [3.05, 3.63) is 75.1 Å². The molecular formula is C36H38FN7O6. The number of anilines is 2. The van der Waals surface area contributed by atoms with Gasteiger partial charge in [0.25, 0.3) is 11.7 Å². The number of carbonyl (C=O) groups excluding carboxylic acids is 2. The molecule has 1 aliphatic carbocycles. The normalized spacial score (nSPS) is 20.5. The quantitative estimate of drug-likeness (QED) is 0.245. The molecule has 3 aliphatic heterocycles. The Morgan fingerprint density at radius 2 is 1.90 bits per heavy atom. The van der Waals surface area contributed by atoms with Crippen molar-refractivity contribution in [2.24, 2.45) is 5.92 Å². The number of carbonyl (C=O) groups is 3. The number of ketones is 1. The highest BCUT2D eigenvalue weighted by atomic mass is 19.1. The summed E-state index contributed by atoms with van der Waals surface area (Å²) >= 11 is 0. The van der Waals surface area contributed by atoms with Gasteiger partial charge in [0.15, 0.2) is 11.6 Å². The number of halogens is 1. The third-order valence-corrected chi connectivity index (χ3v) is 10.6. The number of benzene rings is 2. The van der Waals surface area contributed by atoms with Crippen LogP contribution in [0.3, 0.4) is 0 Å². The number of pyridine rings is 1. The fourth-order valence-electron chi connectivity index (χ4n) is 8.13. The van der Waals surface area contributed by atoms with Crippen LogP contribution < -0.4 is 20.0 Å². The second-order valence-electron chi connectivity index (χ2n) is 13.9. The van der Waals surface area contributed by atoms with Crippen LogP contribution in [0, 0.1) is 18.7 Å². The first kappa shape index (κ1) is 32.1. The summed E-state index contributed by atoms with van der Waals surface area (Å²) in [4.78, 5) is 56.0. The molecule has 1 saturated carbocycles. The van der Waals surface area contributed by atoms with E-state index in [1.165, 1.54) is 19.4 Å². The monoisotopic (exact) mass is 683 g/mol. The van der Waals surface area contributed by atoms with Crippen LogP contribution in [-0.2, 0) is 17.9 Å². The lowest BCUT2D eigenvalue weighted by Gasteiger charge is -2.36. The third kappa shape index (κ3) is 5.42. The van der Waals surface area contributed by atoms with Crippen molar-refractivity contribution in [2.75, 3.05) is 43.1 Å². The van der Waals surface area contributed by atoms with Crippen LogP contribution in [0.5, 0.6) is 5.75 Å². The van der Waals surface area contributed by atoms with Gasteiger partial charge in [-0.15, -0.1) is 5.10 Å². The molecule has 2 saturated heterocycles. The molecule has 0 spiro atoms. The number of amides is 1. The van der Waals surface area contributed by atoms with Gasteiger partial charge in [0.2, 0.25) is 5.43 Å². The highest BCUT2D eigenvalue weighted by Crippen LogP contribution is 2.45. The molecular weight excluding hydrogens is 645 g/mol. The Balaban J connectivity index is 0.977. The van der Waals surface area contributed by atoms with Gasteiger partial charge in [-0.2, -0.15) is 0 Å². The molecule has 1 amide bonds. The number of aromatic carboxylic acids is 1.